The third-order valence-electron chi connectivity index (χ3n) is 2.13. The van der Waals surface area contributed by atoms with Crippen LogP contribution in [-0.4, -0.2) is 35.7 Å². The van der Waals surface area contributed by atoms with Gasteiger partial charge in [0, 0.05) is 26.1 Å². The van der Waals surface area contributed by atoms with E-state index in [-0.39, 0.29) is 18.5 Å². The van der Waals surface area contributed by atoms with E-state index in [0.29, 0.717) is 0 Å². The molecule has 0 spiro atoms. The molecule has 0 aromatic carbocycles. The quantitative estimate of drug-likeness (QED) is 0.653. The molecule has 1 saturated heterocycles. The summed E-state index contributed by atoms with van der Waals surface area (Å²) >= 11 is 0. The van der Waals surface area contributed by atoms with Crippen LogP contribution in [0.3, 0.4) is 0 Å². The van der Waals surface area contributed by atoms with Crippen LogP contribution in [-0.2, 0) is 0 Å². The molecule has 1 heterocycles. The van der Waals surface area contributed by atoms with E-state index in [1.807, 2.05) is 0 Å². The van der Waals surface area contributed by atoms with E-state index in [0.717, 1.165) is 38.9 Å². The van der Waals surface area contributed by atoms with Gasteiger partial charge in [0.2, 0.25) is 0 Å². The Kier molecular flexibility index (Phi) is 6.18. The molecule has 0 atom stereocenters. The number of nitrogens with zero attached hydrogens (tertiary/aromatic N) is 1. The largest absolute Gasteiger partial charge is 0.393 e. The van der Waals surface area contributed by atoms with Crippen molar-refractivity contribution in [3.8, 4) is 12.3 Å². The minimum absolute atomic E-state index is 0. The molecule has 0 aromatic rings. The number of rotatable bonds is 2. The lowest BCUT2D eigenvalue weighted by molar-refractivity contribution is 0.0837. The molecule has 1 aliphatic rings. The summed E-state index contributed by atoms with van der Waals surface area (Å²) in [7, 11) is 0. The van der Waals surface area contributed by atoms with Crippen LogP contribution in [0.4, 0.5) is 0 Å². The van der Waals surface area contributed by atoms with E-state index < -0.39 is 0 Å². The minimum atomic E-state index is -0.0721. The van der Waals surface area contributed by atoms with Crippen LogP contribution in [0.1, 0.15) is 19.3 Å². The van der Waals surface area contributed by atoms with Crippen molar-refractivity contribution in [2.75, 3.05) is 19.6 Å². The lowest BCUT2D eigenvalue weighted by Gasteiger charge is -2.28. The van der Waals surface area contributed by atoms with E-state index >= 15 is 0 Å². The zero-order chi connectivity index (χ0) is 8.10. The maximum absolute atomic E-state index is 9.19. The molecule has 3 heteroatoms. The molecule has 1 aliphatic heterocycles. The molecule has 0 aliphatic carbocycles. The second-order valence-electron chi connectivity index (χ2n) is 3.03. The summed E-state index contributed by atoms with van der Waals surface area (Å²) in [5.74, 6) is 2.62. The highest BCUT2D eigenvalue weighted by molar-refractivity contribution is 5.85. The van der Waals surface area contributed by atoms with Crippen LogP contribution in [0, 0.1) is 12.3 Å². The number of aliphatic hydroxyl groups excluding tert-OH is 1. The van der Waals surface area contributed by atoms with Crippen molar-refractivity contribution in [3.05, 3.63) is 0 Å². The first-order valence-electron chi connectivity index (χ1n) is 4.17. The zero-order valence-electron chi connectivity index (χ0n) is 7.20. The van der Waals surface area contributed by atoms with E-state index in [1.54, 1.807) is 0 Å². The predicted octanol–water partition coefficient (Wildman–Crippen LogP) is 0.888. The van der Waals surface area contributed by atoms with Crippen LogP contribution < -0.4 is 0 Å². The zero-order valence-corrected chi connectivity index (χ0v) is 8.02. The van der Waals surface area contributed by atoms with Crippen molar-refractivity contribution in [1.29, 1.82) is 0 Å². The molecule has 1 N–H and O–H groups in total. The number of piperidine rings is 1. The second kappa shape index (κ2) is 6.30. The fraction of sp³-hybridized carbons (Fsp3) is 0.778. The third kappa shape index (κ3) is 3.96. The number of hydrogen-bond acceptors (Lipinski definition) is 2. The molecule has 0 aromatic heterocycles. The summed E-state index contributed by atoms with van der Waals surface area (Å²) < 4.78 is 0. The van der Waals surface area contributed by atoms with Gasteiger partial charge in [0.15, 0.2) is 0 Å². The van der Waals surface area contributed by atoms with Crippen molar-refractivity contribution in [2.45, 2.75) is 25.4 Å². The Morgan fingerprint density at radius 3 is 2.50 bits per heavy atom. The Morgan fingerprint density at radius 1 is 1.42 bits per heavy atom. The van der Waals surface area contributed by atoms with E-state index in [1.165, 1.54) is 0 Å². The number of halogens is 1. The molecule has 0 radical (unpaired) electrons. The van der Waals surface area contributed by atoms with Crippen molar-refractivity contribution in [2.24, 2.45) is 0 Å². The number of hydrogen-bond donors (Lipinski definition) is 1. The Labute approximate surface area is 80.4 Å². The fourth-order valence-corrected chi connectivity index (χ4v) is 1.37. The number of aliphatic hydroxyl groups is 1. The molecular formula is C9H16ClNO. The Morgan fingerprint density at radius 2 is 2.00 bits per heavy atom. The van der Waals surface area contributed by atoms with Crippen molar-refractivity contribution < 1.29 is 5.11 Å². The first-order chi connectivity index (χ1) is 5.33. The van der Waals surface area contributed by atoms with Gasteiger partial charge < -0.3 is 10.0 Å². The first-order valence-corrected chi connectivity index (χ1v) is 4.17. The van der Waals surface area contributed by atoms with Gasteiger partial charge in [-0.05, 0) is 12.8 Å². The van der Waals surface area contributed by atoms with Crippen LogP contribution >= 0.6 is 12.4 Å². The molecule has 1 rings (SSSR count). The Hall–Kier alpha value is -0.230. The third-order valence-corrected chi connectivity index (χ3v) is 2.13. The summed E-state index contributed by atoms with van der Waals surface area (Å²) in [6.07, 6.45) is 7.72. The SMILES string of the molecule is C#CCCN1CCC(O)CC1.Cl. The van der Waals surface area contributed by atoms with Gasteiger partial charge >= 0.3 is 0 Å². The van der Waals surface area contributed by atoms with Crippen molar-refractivity contribution in [1.82, 2.24) is 4.90 Å². The molecular weight excluding hydrogens is 174 g/mol. The second-order valence-corrected chi connectivity index (χ2v) is 3.03. The Bertz CT molecular complexity index is 147. The van der Waals surface area contributed by atoms with Gasteiger partial charge in [0.1, 0.15) is 0 Å². The van der Waals surface area contributed by atoms with Crippen LogP contribution in [0.5, 0.6) is 0 Å². The number of terminal acetylenes is 1. The molecule has 12 heavy (non-hydrogen) atoms. The van der Waals surface area contributed by atoms with Gasteiger partial charge in [0.05, 0.1) is 6.10 Å². The van der Waals surface area contributed by atoms with Gasteiger partial charge in [-0.25, -0.2) is 0 Å². The number of likely N-dealkylation sites (tertiary alicyclic amines) is 1. The monoisotopic (exact) mass is 189 g/mol. The summed E-state index contributed by atoms with van der Waals surface area (Å²) in [6, 6.07) is 0. The molecule has 0 unspecified atom stereocenters. The lowest BCUT2D eigenvalue weighted by atomic mass is 10.1. The van der Waals surface area contributed by atoms with Crippen LogP contribution in [0.25, 0.3) is 0 Å². The average molecular weight is 190 g/mol. The van der Waals surface area contributed by atoms with Gasteiger partial charge in [-0.15, -0.1) is 24.8 Å². The van der Waals surface area contributed by atoms with Crippen molar-refractivity contribution >= 4 is 12.4 Å². The van der Waals surface area contributed by atoms with E-state index in [4.69, 9.17) is 6.42 Å². The molecule has 70 valence electrons. The van der Waals surface area contributed by atoms with Crippen LogP contribution in [0.15, 0.2) is 0 Å². The smallest absolute Gasteiger partial charge is 0.0564 e. The van der Waals surface area contributed by atoms with E-state index in [9.17, 15) is 5.11 Å². The predicted molar refractivity (Wildman–Crippen MR) is 52.4 cm³/mol. The van der Waals surface area contributed by atoms with Gasteiger partial charge in [-0.2, -0.15) is 0 Å². The first kappa shape index (κ1) is 11.8. The molecule has 2 nitrogen and oxygen atoms in total. The standard InChI is InChI=1S/C9H15NO.ClH/c1-2-3-6-10-7-4-9(11)5-8-10;/h1,9,11H,3-8H2;1H. The minimum Gasteiger partial charge on any atom is -0.393 e. The molecule has 0 bridgehead atoms. The highest BCUT2D eigenvalue weighted by atomic mass is 35.5. The average Bonchev–Trinajstić information content (AvgIpc) is 2.04. The summed E-state index contributed by atoms with van der Waals surface area (Å²) in [5, 5.41) is 9.19. The molecule has 0 amide bonds. The van der Waals surface area contributed by atoms with Gasteiger partial charge in [-0.1, -0.05) is 0 Å². The molecule has 0 saturated carbocycles. The maximum Gasteiger partial charge on any atom is 0.0564 e. The topological polar surface area (TPSA) is 23.5 Å². The fourth-order valence-electron chi connectivity index (χ4n) is 1.37. The normalized spacial score (nSPS) is 19.7. The summed E-state index contributed by atoms with van der Waals surface area (Å²) in [4.78, 5) is 2.31. The lowest BCUT2D eigenvalue weighted by Crippen LogP contribution is -2.36. The highest BCUT2D eigenvalue weighted by Crippen LogP contribution is 2.09. The molecule has 1 fully saturated rings. The van der Waals surface area contributed by atoms with E-state index in [2.05, 4.69) is 10.8 Å². The van der Waals surface area contributed by atoms with Crippen LogP contribution in [0.2, 0.25) is 0 Å². The Balaban J connectivity index is 0.00000121. The summed E-state index contributed by atoms with van der Waals surface area (Å²) in [6.45, 7) is 2.99. The van der Waals surface area contributed by atoms with Gasteiger partial charge in [0.25, 0.3) is 0 Å². The maximum atomic E-state index is 9.19. The highest BCUT2D eigenvalue weighted by Gasteiger charge is 2.15. The summed E-state index contributed by atoms with van der Waals surface area (Å²) in [5.41, 5.74) is 0. The van der Waals surface area contributed by atoms with Crippen molar-refractivity contribution in [3.63, 3.8) is 0 Å². The van der Waals surface area contributed by atoms with Gasteiger partial charge in [-0.3, -0.25) is 0 Å².